The van der Waals surface area contributed by atoms with Crippen LogP contribution in [0.4, 0.5) is 0 Å². The largest absolute Gasteiger partial charge is 0.493 e. The van der Waals surface area contributed by atoms with Gasteiger partial charge < -0.3 is 18.8 Å². The van der Waals surface area contributed by atoms with E-state index in [-0.39, 0.29) is 11.3 Å². The summed E-state index contributed by atoms with van der Waals surface area (Å²) in [7, 11) is 1.50. The van der Waals surface area contributed by atoms with Gasteiger partial charge in [-0.2, -0.15) is 0 Å². The Labute approximate surface area is 163 Å². The van der Waals surface area contributed by atoms with Crippen molar-refractivity contribution < 1.29 is 23.6 Å². The highest BCUT2D eigenvalue weighted by Gasteiger charge is 2.24. The molecule has 6 heteroatoms. The number of methoxy groups -OCH3 is 1. The number of benzene rings is 2. The zero-order valence-electron chi connectivity index (χ0n) is 16.0. The number of hydrogen-bond donors (Lipinski definition) is 0. The second kappa shape index (κ2) is 8.52. The Morgan fingerprint density at radius 3 is 2.50 bits per heavy atom. The number of carbonyl (C=O) groups is 2. The van der Waals surface area contributed by atoms with Gasteiger partial charge in [-0.15, -0.1) is 0 Å². The van der Waals surface area contributed by atoms with Gasteiger partial charge in [-0.25, -0.2) is 4.79 Å². The van der Waals surface area contributed by atoms with E-state index in [1.807, 2.05) is 36.4 Å². The molecule has 0 aliphatic rings. The molecule has 28 heavy (non-hydrogen) atoms. The minimum atomic E-state index is -0.576. The highest BCUT2D eigenvalue weighted by atomic mass is 16.6. The summed E-state index contributed by atoms with van der Waals surface area (Å²) in [6.45, 7) is 3.22. The Balaban J connectivity index is 1.86. The van der Waals surface area contributed by atoms with Crippen LogP contribution in [0.1, 0.15) is 35.0 Å². The third-order valence-electron chi connectivity index (χ3n) is 4.31. The van der Waals surface area contributed by atoms with E-state index in [2.05, 4.69) is 5.16 Å². The zero-order chi connectivity index (χ0) is 20.1. The molecule has 0 spiro atoms. The third-order valence-corrected chi connectivity index (χ3v) is 4.31. The lowest BCUT2D eigenvalue weighted by Gasteiger charge is -2.11. The van der Waals surface area contributed by atoms with Gasteiger partial charge in [-0.1, -0.05) is 41.6 Å². The highest BCUT2D eigenvalue weighted by molar-refractivity contribution is 5.98. The molecule has 0 fully saturated rings. The molecule has 0 unspecified atom stereocenters. The summed E-state index contributed by atoms with van der Waals surface area (Å²) in [4.78, 5) is 24.0. The molecule has 0 N–H and O–H groups in total. The highest BCUT2D eigenvalue weighted by Crippen LogP contribution is 2.31. The number of aryl methyl sites for hydroxylation is 2. The van der Waals surface area contributed by atoms with Gasteiger partial charge in [-0.3, -0.25) is 0 Å². The summed E-state index contributed by atoms with van der Waals surface area (Å²) < 4.78 is 16.2. The fourth-order valence-corrected chi connectivity index (χ4v) is 2.83. The maximum atomic E-state index is 12.8. The van der Waals surface area contributed by atoms with E-state index in [9.17, 15) is 9.59 Å². The molecule has 0 aliphatic heterocycles. The van der Waals surface area contributed by atoms with Gasteiger partial charge in [0, 0.05) is 12.0 Å². The van der Waals surface area contributed by atoms with Gasteiger partial charge >= 0.3 is 5.97 Å². The lowest BCUT2D eigenvalue weighted by atomic mass is 10.1. The molecule has 0 aliphatic carbocycles. The number of hydrogen-bond acceptors (Lipinski definition) is 6. The Bertz CT molecular complexity index is 991. The molecule has 144 valence electrons. The van der Waals surface area contributed by atoms with Crippen molar-refractivity contribution in [2.75, 3.05) is 7.11 Å². The van der Waals surface area contributed by atoms with E-state index >= 15 is 0 Å². The molecule has 0 atom stereocenters. The van der Waals surface area contributed by atoms with E-state index in [1.54, 1.807) is 26.0 Å². The standard InChI is InChI=1S/C22H21NO5/c1-14(24)9-10-16-11-12-18(19(13-16)26-3)27-22(25)20-15(2)28-23-21(20)17-7-5-4-6-8-17/h4-8,11-13H,9-10H2,1-3H3. The fourth-order valence-electron chi connectivity index (χ4n) is 2.83. The summed E-state index contributed by atoms with van der Waals surface area (Å²) >= 11 is 0. The molecule has 0 radical (unpaired) electrons. The molecule has 0 bridgehead atoms. The molecular formula is C22H21NO5. The number of aromatic nitrogens is 1. The van der Waals surface area contributed by atoms with Gasteiger partial charge in [-0.05, 0) is 38.0 Å². The molecule has 2 aromatic carbocycles. The molecule has 0 saturated carbocycles. The number of carbonyl (C=O) groups excluding carboxylic acids is 2. The Kier molecular flexibility index (Phi) is 5.89. The molecule has 1 heterocycles. The Morgan fingerprint density at radius 2 is 1.82 bits per heavy atom. The molecule has 3 rings (SSSR count). The normalized spacial score (nSPS) is 10.5. The van der Waals surface area contributed by atoms with Crippen molar-refractivity contribution in [3.63, 3.8) is 0 Å². The van der Waals surface area contributed by atoms with Crippen molar-refractivity contribution in [2.24, 2.45) is 0 Å². The molecule has 1 aromatic heterocycles. The summed E-state index contributed by atoms with van der Waals surface area (Å²) in [5, 5.41) is 4.01. The van der Waals surface area contributed by atoms with Crippen LogP contribution in [-0.4, -0.2) is 24.0 Å². The second-order valence-corrected chi connectivity index (χ2v) is 6.41. The number of rotatable bonds is 7. The van der Waals surface area contributed by atoms with Crippen molar-refractivity contribution in [1.29, 1.82) is 0 Å². The Morgan fingerprint density at radius 1 is 1.07 bits per heavy atom. The summed E-state index contributed by atoms with van der Waals surface area (Å²) in [5.41, 5.74) is 2.39. The third kappa shape index (κ3) is 4.28. The van der Waals surface area contributed by atoms with Crippen LogP contribution < -0.4 is 9.47 Å². The van der Waals surface area contributed by atoms with Crippen LogP contribution >= 0.6 is 0 Å². The molecule has 3 aromatic rings. The smallest absolute Gasteiger partial charge is 0.349 e. The van der Waals surface area contributed by atoms with Crippen LogP contribution in [0.15, 0.2) is 53.1 Å². The predicted octanol–water partition coefficient (Wildman–Crippen LogP) is 4.40. The minimum Gasteiger partial charge on any atom is -0.493 e. The lowest BCUT2D eigenvalue weighted by Crippen LogP contribution is -2.11. The van der Waals surface area contributed by atoms with Gasteiger partial charge in [0.1, 0.15) is 22.8 Å². The minimum absolute atomic E-state index is 0.117. The van der Waals surface area contributed by atoms with Crippen molar-refractivity contribution >= 4 is 11.8 Å². The average Bonchev–Trinajstić information content (AvgIpc) is 3.09. The van der Waals surface area contributed by atoms with Gasteiger partial charge in [0.15, 0.2) is 11.5 Å². The fraction of sp³-hybridized carbons (Fsp3) is 0.227. The van der Waals surface area contributed by atoms with Crippen LogP contribution in [0.3, 0.4) is 0 Å². The second-order valence-electron chi connectivity index (χ2n) is 6.41. The quantitative estimate of drug-likeness (QED) is 0.447. The average molecular weight is 379 g/mol. The Hall–Kier alpha value is -3.41. The van der Waals surface area contributed by atoms with Crippen LogP contribution in [0.2, 0.25) is 0 Å². The van der Waals surface area contributed by atoms with Gasteiger partial charge in [0.25, 0.3) is 0 Å². The number of ether oxygens (including phenoxy) is 2. The number of nitrogens with zero attached hydrogens (tertiary/aromatic N) is 1. The summed E-state index contributed by atoms with van der Waals surface area (Å²) in [6, 6.07) is 14.5. The number of esters is 1. The number of ketones is 1. The predicted molar refractivity (Wildman–Crippen MR) is 104 cm³/mol. The first-order valence-corrected chi connectivity index (χ1v) is 8.89. The summed E-state index contributed by atoms with van der Waals surface area (Å²) in [5.74, 6) is 0.627. The number of Topliss-reactive ketones (excluding diaryl/α,β-unsaturated/α-hetero) is 1. The van der Waals surface area contributed by atoms with Crippen LogP contribution in [0.25, 0.3) is 11.3 Å². The first kappa shape index (κ1) is 19.4. The van der Waals surface area contributed by atoms with E-state index in [1.165, 1.54) is 7.11 Å². The van der Waals surface area contributed by atoms with Crippen molar-refractivity contribution in [3.8, 4) is 22.8 Å². The van der Waals surface area contributed by atoms with Crippen molar-refractivity contribution in [2.45, 2.75) is 26.7 Å². The monoisotopic (exact) mass is 379 g/mol. The van der Waals surface area contributed by atoms with E-state index < -0.39 is 5.97 Å². The van der Waals surface area contributed by atoms with Crippen molar-refractivity contribution in [1.82, 2.24) is 5.16 Å². The maximum Gasteiger partial charge on any atom is 0.349 e. The summed E-state index contributed by atoms with van der Waals surface area (Å²) in [6.07, 6.45) is 1.05. The molecule has 6 nitrogen and oxygen atoms in total. The zero-order valence-corrected chi connectivity index (χ0v) is 16.0. The molecule has 0 amide bonds. The van der Waals surface area contributed by atoms with Crippen molar-refractivity contribution in [3.05, 3.63) is 65.4 Å². The first-order valence-electron chi connectivity index (χ1n) is 8.89. The molecular weight excluding hydrogens is 358 g/mol. The van der Waals surface area contributed by atoms with E-state index in [0.29, 0.717) is 35.8 Å². The van der Waals surface area contributed by atoms with Gasteiger partial charge in [0.05, 0.1) is 7.11 Å². The van der Waals surface area contributed by atoms with Crippen LogP contribution in [0.5, 0.6) is 11.5 Å². The first-order chi connectivity index (χ1) is 13.5. The lowest BCUT2D eigenvalue weighted by molar-refractivity contribution is -0.116. The maximum absolute atomic E-state index is 12.8. The van der Waals surface area contributed by atoms with Gasteiger partial charge in [0.2, 0.25) is 0 Å². The molecule has 0 saturated heterocycles. The SMILES string of the molecule is COc1cc(CCC(C)=O)ccc1OC(=O)c1c(-c2ccccc2)noc1C. The van der Waals surface area contributed by atoms with Crippen LogP contribution in [-0.2, 0) is 11.2 Å². The topological polar surface area (TPSA) is 78.6 Å². The van der Waals surface area contributed by atoms with Crippen LogP contribution in [0, 0.1) is 6.92 Å². The van der Waals surface area contributed by atoms with E-state index in [4.69, 9.17) is 14.0 Å². The van der Waals surface area contributed by atoms with E-state index in [0.717, 1.165) is 11.1 Å².